The third kappa shape index (κ3) is 1.96. The molecule has 3 nitrogen and oxygen atoms in total. The van der Waals surface area contributed by atoms with E-state index in [1.807, 2.05) is 0 Å². The summed E-state index contributed by atoms with van der Waals surface area (Å²) < 4.78 is 4.35. The van der Waals surface area contributed by atoms with Crippen molar-refractivity contribution < 1.29 is 14.3 Å². The Morgan fingerprint density at radius 1 is 0.889 bits per heavy atom. The lowest BCUT2D eigenvalue weighted by molar-refractivity contribution is 0.0444. The highest BCUT2D eigenvalue weighted by Crippen LogP contribution is 2.38. The predicted molar refractivity (Wildman–Crippen MR) is 66.2 cm³/mol. The quantitative estimate of drug-likeness (QED) is 0.399. The zero-order chi connectivity index (χ0) is 12.5. The number of ether oxygens (including phenoxy) is 1. The molecule has 18 heavy (non-hydrogen) atoms. The standard InChI is InChI=1S/C8H4O3.C7H10/c9-7-5-3-1-2-4-6(5)8(10)11-7;1-2-7-4-3-6(1)5-7/h1-4H;1-2,6-7H,3-5H2. The molecular formula is C15H14O3. The molecule has 2 aliphatic carbocycles. The minimum absolute atomic E-state index is 0.359. The fourth-order valence-corrected chi connectivity index (χ4v) is 2.75. The van der Waals surface area contributed by atoms with Gasteiger partial charge in [-0.25, -0.2) is 9.59 Å². The molecule has 1 aliphatic heterocycles. The van der Waals surface area contributed by atoms with Crippen molar-refractivity contribution in [2.45, 2.75) is 19.3 Å². The van der Waals surface area contributed by atoms with Gasteiger partial charge in [-0.05, 0) is 43.2 Å². The molecule has 1 aromatic carbocycles. The Morgan fingerprint density at radius 2 is 1.39 bits per heavy atom. The third-order valence-corrected chi connectivity index (χ3v) is 3.72. The van der Waals surface area contributed by atoms with Crippen LogP contribution in [0.1, 0.15) is 40.0 Å². The summed E-state index contributed by atoms with van der Waals surface area (Å²) in [6, 6.07) is 6.53. The summed E-state index contributed by atoms with van der Waals surface area (Å²) in [6.07, 6.45) is 9.19. The van der Waals surface area contributed by atoms with Gasteiger partial charge in [-0.1, -0.05) is 24.3 Å². The molecule has 4 rings (SSSR count). The van der Waals surface area contributed by atoms with Crippen molar-refractivity contribution in [2.75, 3.05) is 0 Å². The number of allylic oxidation sites excluding steroid dienone is 2. The van der Waals surface area contributed by atoms with E-state index in [1.54, 1.807) is 24.3 Å². The van der Waals surface area contributed by atoms with E-state index in [4.69, 9.17) is 0 Å². The summed E-state index contributed by atoms with van der Waals surface area (Å²) in [5, 5.41) is 0. The van der Waals surface area contributed by atoms with Crippen molar-refractivity contribution in [1.82, 2.24) is 0 Å². The van der Waals surface area contributed by atoms with Crippen LogP contribution in [0.15, 0.2) is 36.4 Å². The number of carbonyl (C=O) groups excluding carboxylic acids is 2. The Hall–Kier alpha value is -1.90. The molecule has 2 bridgehead atoms. The molecule has 2 atom stereocenters. The molecule has 0 amide bonds. The Bertz CT molecular complexity index is 485. The van der Waals surface area contributed by atoms with Crippen molar-refractivity contribution >= 4 is 11.9 Å². The van der Waals surface area contributed by atoms with Gasteiger partial charge in [0.15, 0.2) is 0 Å². The van der Waals surface area contributed by atoms with Gasteiger partial charge in [0.05, 0.1) is 11.1 Å². The minimum atomic E-state index is -0.550. The van der Waals surface area contributed by atoms with Crippen LogP contribution in [0.3, 0.4) is 0 Å². The maximum absolute atomic E-state index is 10.8. The molecule has 0 spiro atoms. The van der Waals surface area contributed by atoms with E-state index in [2.05, 4.69) is 16.9 Å². The molecule has 1 saturated carbocycles. The Kier molecular flexibility index (Phi) is 2.74. The molecule has 0 aromatic heterocycles. The maximum atomic E-state index is 10.8. The van der Waals surface area contributed by atoms with Crippen LogP contribution < -0.4 is 0 Å². The highest BCUT2D eigenvalue weighted by Gasteiger charge is 2.28. The van der Waals surface area contributed by atoms with Crippen LogP contribution in [0.5, 0.6) is 0 Å². The van der Waals surface area contributed by atoms with Gasteiger partial charge < -0.3 is 4.74 Å². The first kappa shape index (κ1) is 11.2. The number of benzene rings is 1. The van der Waals surface area contributed by atoms with Crippen LogP contribution in [0.25, 0.3) is 0 Å². The fraction of sp³-hybridized carbons (Fsp3) is 0.333. The summed E-state index contributed by atoms with van der Waals surface area (Å²) in [4.78, 5) is 21.7. The highest BCUT2D eigenvalue weighted by molar-refractivity contribution is 6.14. The lowest BCUT2D eigenvalue weighted by Gasteiger charge is -1.96. The van der Waals surface area contributed by atoms with Crippen molar-refractivity contribution in [2.24, 2.45) is 11.8 Å². The normalized spacial score (nSPS) is 26.7. The minimum Gasteiger partial charge on any atom is -0.386 e. The molecule has 0 saturated heterocycles. The van der Waals surface area contributed by atoms with Crippen LogP contribution in [0.4, 0.5) is 0 Å². The Labute approximate surface area is 105 Å². The van der Waals surface area contributed by atoms with Crippen LogP contribution >= 0.6 is 0 Å². The first-order chi connectivity index (χ1) is 8.74. The lowest BCUT2D eigenvalue weighted by Crippen LogP contribution is -1.96. The second kappa shape index (κ2) is 4.41. The second-order valence-corrected chi connectivity index (χ2v) is 4.94. The van der Waals surface area contributed by atoms with Crippen molar-refractivity contribution in [3.63, 3.8) is 0 Å². The summed E-state index contributed by atoms with van der Waals surface area (Å²) in [5.74, 6) is 0.881. The van der Waals surface area contributed by atoms with E-state index >= 15 is 0 Å². The Balaban J connectivity index is 0.000000122. The number of esters is 2. The summed E-state index contributed by atoms with van der Waals surface area (Å²) in [7, 11) is 0. The van der Waals surface area contributed by atoms with Crippen LogP contribution in [-0.2, 0) is 4.74 Å². The number of hydrogen-bond acceptors (Lipinski definition) is 3. The lowest BCUT2D eigenvalue weighted by atomic mass is 10.1. The van der Waals surface area contributed by atoms with E-state index in [9.17, 15) is 9.59 Å². The van der Waals surface area contributed by atoms with Gasteiger partial charge in [-0.2, -0.15) is 0 Å². The molecule has 1 aromatic rings. The van der Waals surface area contributed by atoms with E-state index in [0.717, 1.165) is 11.8 Å². The fourth-order valence-electron chi connectivity index (χ4n) is 2.75. The van der Waals surface area contributed by atoms with Gasteiger partial charge in [0.1, 0.15) is 0 Å². The Morgan fingerprint density at radius 3 is 1.72 bits per heavy atom. The van der Waals surface area contributed by atoms with Gasteiger partial charge in [-0.15, -0.1) is 0 Å². The number of fused-ring (bicyclic) bond motifs is 3. The van der Waals surface area contributed by atoms with Gasteiger partial charge in [-0.3, -0.25) is 0 Å². The van der Waals surface area contributed by atoms with E-state index in [-0.39, 0.29) is 0 Å². The summed E-state index contributed by atoms with van der Waals surface area (Å²) in [5.41, 5.74) is 0.718. The third-order valence-electron chi connectivity index (χ3n) is 3.72. The maximum Gasteiger partial charge on any atom is 0.346 e. The molecule has 1 heterocycles. The molecule has 3 aliphatic rings. The van der Waals surface area contributed by atoms with Crippen molar-refractivity contribution in [3.8, 4) is 0 Å². The summed E-state index contributed by atoms with van der Waals surface area (Å²) >= 11 is 0. The van der Waals surface area contributed by atoms with Crippen LogP contribution in [0.2, 0.25) is 0 Å². The van der Waals surface area contributed by atoms with Crippen molar-refractivity contribution in [3.05, 3.63) is 47.5 Å². The number of cyclic esters (lactones) is 2. The van der Waals surface area contributed by atoms with Gasteiger partial charge in [0.25, 0.3) is 0 Å². The van der Waals surface area contributed by atoms with Crippen LogP contribution in [-0.4, -0.2) is 11.9 Å². The molecule has 0 N–H and O–H groups in total. The molecule has 1 fully saturated rings. The van der Waals surface area contributed by atoms with Crippen LogP contribution in [0, 0.1) is 11.8 Å². The number of hydrogen-bond donors (Lipinski definition) is 0. The molecule has 2 unspecified atom stereocenters. The first-order valence-corrected chi connectivity index (χ1v) is 6.28. The number of rotatable bonds is 0. The zero-order valence-electron chi connectivity index (χ0n) is 9.96. The monoisotopic (exact) mass is 242 g/mol. The second-order valence-electron chi connectivity index (χ2n) is 4.94. The average Bonchev–Trinajstić information content (AvgIpc) is 3.09. The molecule has 92 valence electrons. The van der Waals surface area contributed by atoms with Crippen molar-refractivity contribution in [1.29, 1.82) is 0 Å². The highest BCUT2D eigenvalue weighted by atomic mass is 16.6. The largest absolute Gasteiger partial charge is 0.386 e. The van der Waals surface area contributed by atoms with Gasteiger partial charge in [0, 0.05) is 0 Å². The SMILES string of the molecule is C1=CC2CCC1C2.O=C1OC(=O)c2ccccc21. The topological polar surface area (TPSA) is 43.4 Å². The first-order valence-electron chi connectivity index (χ1n) is 6.28. The molecule has 3 heteroatoms. The molecular weight excluding hydrogens is 228 g/mol. The van der Waals surface area contributed by atoms with E-state index < -0.39 is 11.9 Å². The van der Waals surface area contributed by atoms with E-state index in [1.165, 1.54) is 19.3 Å². The number of carbonyl (C=O) groups is 2. The van der Waals surface area contributed by atoms with E-state index in [0.29, 0.717) is 11.1 Å². The van der Waals surface area contributed by atoms with Gasteiger partial charge >= 0.3 is 11.9 Å². The summed E-state index contributed by atoms with van der Waals surface area (Å²) in [6.45, 7) is 0. The average molecular weight is 242 g/mol. The predicted octanol–water partition coefficient (Wildman–Crippen LogP) is 2.97. The zero-order valence-corrected chi connectivity index (χ0v) is 9.96. The smallest absolute Gasteiger partial charge is 0.346 e. The van der Waals surface area contributed by atoms with Gasteiger partial charge in [0.2, 0.25) is 0 Å². The molecule has 0 radical (unpaired) electrons.